The van der Waals surface area contributed by atoms with Gasteiger partial charge in [-0.1, -0.05) is 6.42 Å². The van der Waals surface area contributed by atoms with Crippen molar-refractivity contribution in [1.82, 2.24) is 9.97 Å². The molecule has 0 bridgehead atoms. The predicted octanol–water partition coefficient (Wildman–Crippen LogP) is 1.62. The van der Waals surface area contributed by atoms with E-state index in [1.165, 1.54) is 25.0 Å². The second-order valence-corrected chi connectivity index (χ2v) is 3.23. The lowest BCUT2D eigenvalue weighted by molar-refractivity contribution is 0.409. The Bertz CT molecular complexity index is 273. The van der Waals surface area contributed by atoms with Gasteiger partial charge in [0.05, 0.1) is 6.54 Å². The lowest BCUT2D eigenvalue weighted by atomic mass is 9.83. The van der Waals surface area contributed by atoms with Crippen LogP contribution in [0.25, 0.3) is 0 Å². The number of hydrogen-bond acceptors (Lipinski definition) is 3. The predicted molar refractivity (Wildman–Crippen MR) is 53.8 cm³/mol. The Kier molecular flexibility index (Phi) is 3.63. The van der Waals surface area contributed by atoms with Crippen LogP contribution >= 0.6 is 12.4 Å². The summed E-state index contributed by atoms with van der Waals surface area (Å²) < 4.78 is 0. The average molecular weight is 200 g/mol. The summed E-state index contributed by atoms with van der Waals surface area (Å²) in [7, 11) is 0. The first kappa shape index (κ1) is 10.4. The van der Waals surface area contributed by atoms with Crippen LogP contribution in [0.15, 0.2) is 12.3 Å². The molecule has 13 heavy (non-hydrogen) atoms. The Morgan fingerprint density at radius 2 is 2.23 bits per heavy atom. The van der Waals surface area contributed by atoms with Crippen LogP contribution in [0.2, 0.25) is 0 Å². The summed E-state index contributed by atoms with van der Waals surface area (Å²) in [6.07, 6.45) is 5.71. The molecular weight excluding hydrogens is 186 g/mol. The topological polar surface area (TPSA) is 51.8 Å². The largest absolute Gasteiger partial charge is 0.324 e. The number of nitrogens with two attached hydrogens (primary N) is 1. The molecule has 72 valence electrons. The Labute approximate surface area is 84.2 Å². The van der Waals surface area contributed by atoms with Crippen molar-refractivity contribution in [2.75, 3.05) is 0 Å². The van der Waals surface area contributed by atoms with E-state index in [0.29, 0.717) is 12.5 Å². The standard InChI is InChI=1S/C9H13N3.ClH/c10-6-9-11-5-4-8(12-9)7-2-1-3-7;/h4-5,7H,1-3,6,10H2;1H. The molecule has 3 nitrogen and oxygen atoms in total. The van der Waals surface area contributed by atoms with Gasteiger partial charge in [-0.15, -0.1) is 12.4 Å². The zero-order valence-corrected chi connectivity index (χ0v) is 8.26. The number of hydrogen-bond donors (Lipinski definition) is 1. The molecule has 0 aromatic carbocycles. The highest BCUT2D eigenvalue weighted by Crippen LogP contribution is 2.34. The summed E-state index contributed by atoms with van der Waals surface area (Å²) in [6.45, 7) is 0.445. The fraction of sp³-hybridized carbons (Fsp3) is 0.556. The van der Waals surface area contributed by atoms with Gasteiger partial charge in [0.1, 0.15) is 5.82 Å². The van der Waals surface area contributed by atoms with E-state index in [1.54, 1.807) is 0 Å². The van der Waals surface area contributed by atoms with Gasteiger partial charge < -0.3 is 5.73 Å². The van der Waals surface area contributed by atoms with E-state index in [1.807, 2.05) is 12.3 Å². The summed E-state index contributed by atoms with van der Waals surface area (Å²) >= 11 is 0. The average Bonchev–Trinajstić information content (AvgIpc) is 2.02. The molecular formula is C9H14ClN3. The van der Waals surface area contributed by atoms with Gasteiger partial charge in [0, 0.05) is 17.8 Å². The van der Waals surface area contributed by atoms with Crippen molar-refractivity contribution >= 4 is 12.4 Å². The van der Waals surface area contributed by atoms with E-state index >= 15 is 0 Å². The second kappa shape index (κ2) is 4.53. The highest BCUT2D eigenvalue weighted by Gasteiger charge is 2.20. The summed E-state index contributed by atoms with van der Waals surface area (Å²) in [5.41, 5.74) is 6.63. The van der Waals surface area contributed by atoms with Crippen LogP contribution in [0.5, 0.6) is 0 Å². The summed E-state index contributed by atoms with van der Waals surface area (Å²) in [5, 5.41) is 0. The fourth-order valence-electron chi connectivity index (χ4n) is 1.44. The molecule has 0 saturated heterocycles. The first-order chi connectivity index (χ1) is 5.90. The van der Waals surface area contributed by atoms with Crippen molar-refractivity contribution < 1.29 is 0 Å². The Morgan fingerprint density at radius 1 is 1.46 bits per heavy atom. The lowest BCUT2D eigenvalue weighted by Gasteiger charge is -2.24. The minimum absolute atomic E-state index is 0. The number of halogens is 1. The number of nitrogens with zero attached hydrogens (tertiary/aromatic N) is 2. The van der Waals surface area contributed by atoms with Crippen LogP contribution in [0, 0.1) is 0 Å². The maximum atomic E-state index is 5.45. The van der Waals surface area contributed by atoms with Gasteiger partial charge in [0.2, 0.25) is 0 Å². The molecule has 1 aromatic heterocycles. The molecule has 1 aliphatic rings. The van der Waals surface area contributed by atoms with Gasteiger partial charge >= 0.3 is 0 Å². The molecule has 0 radical (unpaired) electrons. The van der Waals surface area contributed by atoms with Crippen molar-refractivity contribution in [2.45, 2.75) is 31.7 Å². The molecule has 0 spiro atoms. The van der Waals surface area contributed by atoms with Crippen molar-refractivity contribution in [3.63, 3.8) is 0 Å². The molecule has 0 atom stereocenters. The maximum Gasteiger partial charge on any atom is 0.142 e. The minimum Gasteiger partial charge on any atom is -0.324 e. The van der Waals surface area contributed by atoms with Gasteiger partial charge in [0.25, 0.3) is 0 Å². The molecule has 0 unspecified atom stereocenters. The zero-order chi connectivity index (χ0) is 8.39. The SMILES string of the molecule is Cl.NCc1nccc(C2CCC2)n1. The van der Waals surface area contributed by atoms with Crippen LogP contribution in [0.1, 0.15) is 36.7 Å². The van der Waals surface area contributed by atoms with Crippen molar-refractivity contribution in [1.29, 1.82) is 0 Å². The highest BCUT2D eigenvalue weighted by atomic mass is 35.5. The Morgan fingerprint density at radius 3 is 2.77 bits per heavy atom. The molecule has 0 aliphatic heterocycles. The fourth-order valence-corrected chi connectivity index (χ4v) is 1.44. The van der Waals surface area contributed by atoms with Crippen LogP contribution in [-0.4, -0.2) is 9.97 Å². The van der Waals surface area contributed by atoms with Crippen LogP contribution in [0.3, 0.4) is 0 Å². The number of aromatic nitrogens is 2. The molecule has 2 N–H and O–H groups in total. The quantitative estimate of drug-likeness (QED) is 0.788. The lowest BCUT2D eigenvalue weighted by Crippen LogP contribution is -2.13. The molecule has 1 saturated carbocycles. The first-order valence-corrected chi connectivity index (χ1v) is 4.42. The van der Waals surface area contributed by atoms with Crippen molar-refractivity contribution in [3.8, 4) is 0 Å². The van der Waals surface area contributed by atoms with E-state index in [0.717, 1.165) is 5.82 Å². The number of rotatable bonds is 2. The minimum atomic E-state index is 0. The second-order valence-electron chi connectivity index (χ2n) is 3.23. The van der Waals surface area contributed by atoms with Crippen molar-refractivity contribution in [2.24, 2.45) is 5.73 Å². The third-order valence-corrected chi connectivity index (χ3v) is 2.43. The smallest absolute Gasteiger partial charge is 0.142 e. The van der Waals surface area contributed by atoms with E-state index in [-0.39, 0.29) is 12.4 Å². The molecule has 1 aliphatic carbocycles. The molecule has 1 aromatic rings. The summed E-state index contributed by atoms with van der Waals surface area (Å²) in [5.74, 6) is 1.44. The van der Waals surface area contributed by atoms with Gasteiger partial charge in [-0.3, -0.25) is 0 Å². The van der Waals surface area contributed by atoms with Gasteiger partial charge in [0.15, 0.2) is 0 Å². The summed E-state index contributed by atoms with van der Waals surface area (Å²) in [4.78, 5) is 8.44. The maximum absolute atomic E-state index is 5.45. The monoisotopic (exact) mass is 199 g/mol. The van der Waals surface area contributed by atoms with Crippen LogP contribution in [-0.2, 0) is 6.54 Å². The molecule has 0 amide bonds. The summed E-state index contributed by atoms with van der Waals surface area (Å²) in [6, 6.07) is 2.00. The van der Waals surface area contributed by atoms with Crippen molar-refractivity contribution in [3.05, 3.63) is 23.8 Å². The van der Waals surface area contributed by atoms with E-state index in [4.69, 9.17) is 5.73 Å². The Hall–Kier alpha value is -0.670. The van der Waals surface area contributed by atoms with Crippen LogP contribution in [0.4, 0.5) is 0 Å². The highest BCUT2D eigenvalue weighted by molar-refractivity contribution is 5.85. The normalized spacial score (nSPS) is 16.1. The van der Waals surface area contributed by atoms with E-state index in [2.05, 4.69) is 9.97 Å². The molecule has 2 rings (SSSR count). The zero-order valence-electron chi connectivity index (χ0n) is 7.44. The van der Waals surface area contributed by atoms with Gasteiger partial charge in [-0.05, 0) is 18.9 Å². The third kappa shape index (κ3) is 2.17. The molecule has 4 heteroatoms. The van der Waals surface area contributed by atoms with E-state index in [9.17, 15) is 0 Å². The molecule has 1 fully saturated rings. The van der Waals surface area contributed by atoms with E-state index < -0.39 is 0 Å². The van der Waals surface area contributed by atoms with Crippen LogP contribution < -0.4 is 5.73 Å². The molecule has 1 heterocycles. The third-order valence-electron chi connectivity index (χ3n) is 2.43. The van der Waals surface area contributed by atoms with Gasteiger partial charge in [-0.25, -0.2) is 9.97 Å². The Balaban J connectivity index is 0.000000845. The first-order valence-electron chi connectivity index (χ1n) is 4.42. The van der Waals surface area contributed by atoms with Gasteiger partial charge in [-0.2, -0.15) is 0 Å².